The molecule has 0 saturated heterocycles. The van der Waals surface area contributed by atoms with E-state index in [1.165, 1.54) is 19.3 Å². The molecule has 0 radical (unpaired) electrons. The second-order valence-corrected chi connectivity index (χ2v) is 4.80. The van der Waals surface area contributed by atoms with Crippen molar-refractivity contribution in [1.29, 1.82) is 0 Å². The van der Waals surface area contributed by atoms with Crippen LogP contribution in [0, 0.1) is 5.92 Å². The van der Waals surface area contributed by atoms with E-state index in [9.17, 15) is 0 Å². The molecule has 0 atom stereocenters. The van der Waals surface area contributed by atoms with Crippen LogP contribution in [0.4, 0.5) is 0 Å². The number of nitrogens with two attached hydrogens (primary N) is 1. The van der Waals surface area contributed by atoms with Crippen molar-refractivity contribution in [3.05, 3.63) is 0 Å². The van der Waals surface area contributed by atoms with Gasteiger partial charge in [0.25, 0.3) is 0 Å². The van der Waals surface area contributed by atoms with Gasteiger partial charge in [-0.1, -0.05) is 33.0 Å². The molecule has 0 aromatic heterocycles. The highest BCUT2D eigenvalue weighted by atomic mass is 32.1. The molecule has 2 nitrogen and oxygen atoms in total. The van der Waals surface area contributed by atoms with Gasteiger partial charge >= 0.3 is 0 Å². The summed E-state index contributed by atoms with van der Waals surface area (Å²) in [5.74, 6) is 0.795. The summed E-state index contributed by atoms with van der Waals surface area (Å²) in [6.07, 6.45) is 3.71. The second-order valence-electron chi connectivity index (χ2n) is 4.28. The lowest BCUT2D eigenvalue weighted by molar-refractivity contribution is 0.298. The van der Waals surface area contributed by atoms with E-state index in [-0.39, 0.29) is 0 Å². The maximum Gasteiger partial charge on any atom is 0.0870 e. The molecule has 0 fully saturated rings. The zero-order chi connectivity index (χ0) is 11.0. The Labute approximate surface area is 93.8 Å². The number of hydrogen-bond acceptors (Lipinski definition) is 2. The average molecular weight is 216 g/mol. The summed E-state index contributed by atoms with van der Waals surface area (Å²) in [5, 5.41) is 0. The topological polar surface area (TPSA) is 29.3 Å². The Morgan fingerprint density at radius 2 is 2.00 bits per heavy atom. The van der Waals surface area contributed by atoms with Gasteiger partial charge in [0.05, 0.1) is 4.99 Å². The van der Waals surface area contributed by atoms with E-state index >= 15 is 0 Å². The predicted octanol–water partition coefficient (Wildman–Crippen LogP) is 2.42. The van der Waals surface area contributed by atoms with Crippen molar-refractivity contribution in [2.75, 3.05) is 19.6 Å². The lowest BCUT2D eigenvalue weighted by atomic mass is 10.1. The molecule has 0 rings (SSSR count). The highest BCUT2D eigenvalue weighted by Crippen LogP contribution is 2.05. The van der Waals surface area contributed by atoms with Crippen LogP contribution in [-0.4, -0.2) is 29.5 Å². The Morgan fingerprint density at radius 1 is 1.36 bits per heavy atom. The van der Waals surface area contributed by atoms with E-state index in [2.05, 4.69) is 25.7 Å². The molecule has 2 N–H and O–H groups in total. The number of rotatable bonds is 8. The Morgan fingerprint density at radius 3 is 2.43 bits per heavy atom. The van der Waals surface area contributed by atoms with Crippen LogP contribution >= 0.6 is 12.2 Å². The van der Waals surface area contributed by atoms with Gasteiger partial charge in [-0.15, -0.1) is 0 Å². The van der Waals surface area contributed by atoms with Gasteiger partial charge in [0.2, 0.25) is 0 Å². The molecule has 0 bridgehead atoms. The fraction of sp³-hybridized carbons (Fsp3) is 0.909. The number of nitrogens with zero attached hydrogens (tertiary/aromatic N) is 1. The highest BCUT2D eigenvalue weighted by molar-refractivity contribution is 7.80. The maximum absolute atomic E-state index is 5.54. The van der Waals surface area contributed by atoms with Gasteiger partial charge in [0.15, 0.2) is 0 Å². The third-order valence-corrected chi connectivity index (χ3v) is 2.30. The summed E-state index contributed by atoms with van der Waals surface area (Å²) in [7, 11) is 0. The summed E-state index contributed by atoms with van der Waals surface area (Å²) in [6.45, 7) is 9.73. The Kier molecular flexibility index (Phi) is 8.09. The van der Waals surface area contributed by atoms with Crippen LogP contribution in [0.5, 0.6) is 0 Å². The van der Waals surface area contributed by atoms with Crippen molar-refractivity contribution in [2.45, 2.75) is 40.0 Å². The van der Waals surface area contributed by atoms with Gasteiger partial charge in [-0.05, 0) is 38.3 Å². The van der Waals surface area contributed by atoms with Crippen molar-refractivity contribution in [3.8, 4) is 0 Å². The standard InChI is InChI=1S/C11H24N2S/c1-4-7-13(9-11(12)14)8-5-6-10(2)3/h10H,4-9H2,1-3H3,(H2,12,14). The molecular weight excluding hydrogens is 192 g/mol. The molecule has 0 aromatic carbocycles. The Bertz CT molecular complexity index is 157. The molecule has 0 aliphatic carbocycles. The first-order valence-electron chi connectivity index (χ1n) is 5.57. The zero-order valence-corrected chi connectivity index (χ0v) is 10.6. The summed E-state index contributed by atoms with van der Waals surface area (Å²) >= 11 is 4.92. The fourth-order valence-electron chi connectivity index (χ4n) is 1.53. The normalized spacial score (nSPS) is 11.2. The van der Waals surface area contributed by atoms with E-state index in [4.69, 9.17) is 18.0 Å². The zero-order valence-electron chi connectivity index (χ0n) is 9.75. The summed E-state index contributed by atoms with van der Waals surface area (Å²) in [6, 6.07) is 0. The van der Waals surface area contributed by atoms with Gasteiger partial charge in [0, 0.05) is 6.54 Å². The lowest BCUT2D eigenvalue weighted by Crippen LogP contribution is -2.34. The molecule has 0 saturated carbocycles. The third kappa shape index (κ3) is 8.45. The summed E-state index contributed by atoms with van der Waals surface area (Å²) in [4.78, 5) is 2.97. The first-order chi connectivity index (χ1) is 6.56. The van der Waals surface area contributed by atoms with Crippen LogP contribution in [0.1, 0.15) is 40.0 Å². The van der Waals surface area contributed by atoms with Crippen molar-refractivity contribution in [3.63, 3.8) is 0 Å². The molecule has 0 amide bonds. The fourth-order valence-corrected chi connectivity index (χ4v) is 1.71. The van der Waals surface area contributed by atoms with Crippen LogP contribution in [0.15, 0.2) is 0 Å². The summed E-state index contributed by atoms with van der Waals surface area (Å²) < 4.78 is 0. The molecule has 0 spiro atoms. The van der Waals surface area contributed by atoms with Gasteiger partial charge < -0.3 is 5.73 Å². The van der Waals surface area contributed by atoms with Crippen molar-refractivity contribution < 1.29 is 0 Å². The first kappa shape index (κ1) is 13.8. The minimum atomic E-state index is 0.614. The predicted molar refractivity (Wildman–Crippen MR) is 67.6 cm³/mol. The smallest absolute Gasteiger partial charge is 0.0870 e. The van der Waals surface area contributed by atoms with Crippen LogP contribution in [0.2, 0.25) is 0 Å². The van der Waals surface area contributed by atoms with E-state index in [1.807, 2.05) is 0 Å². The highest BCUT2D eigenvalue weighted by Gasteiger charge is 2.05. The van der Waals surface area contributed by atoms with Crippen molar-refractivity contribution >= 4 is 17.2 Å². The van der Waals surface area contributed by atoms with Crippen molar-refractivity contribution in [2.24, 2.45) is 11.7 Å². The van der Waals surface area contributed by atoms with Gasteiger partial charge in [0.1, 0.15) is 0 Å². The lowest BCUT2D eigenvalue weighted by Gasteiger charge is -2.21. The van der Waals surface area contributed by atoms with Gasteiger partial charge in [-0.2, -0.15) is 0 Å². The molecule has 0 aliphatic heterocycles. The van der Waals surface area contributed by atoms with E-state index in [0.717, 1.165) is 25.6 Å². The van der Waals surface area contributed by atoms with Crippen molar-refractivity contribution in [1.82, 2.24) is 4.90 Å². The summed E-state index contributed by atoms with van der Waals surface area (Å²) in [5.41, 5.74) is 5.54. The van der Waals surface area contributed by atoms with E-state index in [1.54, 1.807) is 0 Å². The quantitative estimate of drug-likeness (QED) is 0.632. The molecular formula is C11H24N2S. The molecule has 84 valence electrons. The van der Waals surface area contributed by atoms with Gasteiger partial charge in [-0.25, -0.2) is 0 Å². The third-order valence-electron chi connectivity index (χ3n) is 2.18. The molecule has 0 heterocycles. The van der Waals surface area contributed by atoms with Gasteiger partial charge in [-0.3, -0.25) is 4.90 Å². The molecule has 14 heavy (non-hydrogen) atoms. The number of thiocarbonyl (C=S) groups is 1. The molecule has 0 aromatic rings. The minimum absolute atomic E-state index is 0.614. The van der Waals surface area contributed by atoms with E-state index in [0.29, 0.717) is 4.99 Å². The molecule has 0 unspecified atom stereocenters. The largest absolute Gasteiger partial charge is 0.392 e. The van der Waals surface area contributed by atoms with Crippen LogP contribution in [0.25, 0.3) is 0 Å². The molecule has 3 heteroatoms. The molecule has 0 aliphatic rings. The van der Waals surface area contributed by atoms with Crippen LogP contribution in [0.3, 0.4) is 0 Å². The number of hydrogen-bond donors (Lipinski definition) is 1. The van der Waals surface area contributed by atoms with Crippen LogP contribution < -0.4 is 5.73 Å². The maximum atomic E-state index is 5.54. The van der Waals surface area contributed by atoms with Crippen LogP contribution in [-0.2, 0) is 0 Å². The SMILES string of the molecule is CCCN(CCCC(C)C)CC(N)=S. The van der Waals surface area contributed by atoms with E-state index < -0.39 is 0 Å². The average Bonchev–Trinajstić information content (AvgIpc) is 2.02. The monoisotopic (exact) mass is 216 g/mol. The Balaban J connectivity index is 3.67. The Hall–Kier alpha value is -0.150. The first-order valence-corrected chi connectivity index (χ1v) is 5.97. The second kappa shape index (κ2) is 8.18. The minimum Gasteiger partial charge on any atom is -0.392 e.